The molecular formula is C32H32N8. The topological polar surface area (TPSA) is 101 Å². The lowest BCUT2D eigenvalue weighted by Gasteiger charge is -2.24. The van der Waals surface area contributed by atoms with E-state index in [0.717, 1.165) is 46.9 Å². The number of aromatic amines is 1. The third-order valence-corrected chi connectivity index (χ3v) is 9.35. The van der Waals surface area contributed by atoms with E-state index in [1.807, 2.05) is 0 Å². The van der Waals surface area contributed by atoms with Gasteiger partial charge in [0, 0.05) is 45.6 Å². The number of benzene rings is 1. The Morgan fingerprint density at radius 1 is 0.625 bits per heavy atom. The van der Waals surface area contributed by atoms with Crippen LogP contribution in [0, 0.1) is 23.7 Å². The van der Waals surface area contributed by atoms with Gasteiger partial charge in [-0.2, -0.15) is 0 Å². The summed E-state index contributed by atoms with van der Waals surface area (Å²) in [5.74, 6) is 4.87. The summed E-state index contributed by atoms with van der Waals surface area (Å²) in [7, 11) is 0. The zero-order valence-corrected chi connectivity index (χ0v) is 22.0. The fraction of sp³-hybridized carbons (Fsp3) is 0.312. The second-order valence-electron chi connectivity index (χ2n) is 11.6. The van der Waals surface area contributed by atoms with Gasteiger partial charge in [0.05, 0.1) is 12.3 Å². The highest BCUT2D eigenvalue weighted by molar-refractivity contribution is 6.05. The van der Waals surface area contributed by atoms with Crippen molar-refractivity contribution >= 4 is 34.1 Å². The predicted octanol–water partition coefficient (Wildman–Crippen LogP) is 4.28. The fourth-order valence-corrected chi connectivity index (χ4v) is 7.45. The van der Waals surface area contributed by atoms with Crippen LogP contribution in [-0.4, -0.2) is 41.3 Å². The Morgan fingerprint density at radius 2 is 1.15 bits per heavy atom. The molecule has 8 heteroatoms. The van der Waals surface area contributed by atoms with Crippen molar-refractivity contribution in [2.75, 3.05) is 10.6 Å². The Balaban J connectivity index is 1.18. The van der Waals surface area contributed by atoms with E-state index in [1.54, 1.807) is 0 Å². The van der Waals surface area contributed by atoms with Crippen LogP contribution in [0.1, 0.15) is 12.8 Å². The van der Waals surface area contributed by atoms with Crippen LogP contribution in [0.2, 0.25) is 0 Å². The molecule has 9 rings (SSSR count). The number of amidine groups is 2. The van der Waals surface area contributed by atoms with E-state index in [2.05, 4.69) is 117 Å². The first-order valence-electron chi connectivity index (χ1n) is 14.5. The molecule has 4 aliphatic heterocycles. The summed E-state index contributed by atoms with van der Waals surface area (Å²) in [6.45, 7) is 0. The Bertz CT molecular complexity index is 1530. The summed E-state index contributed by atoms with van der Waals surface area (Å²) in [4.78, 5) is 14.2. The number of nitrogens with one attached hydrogen (secondary N) is 6. The van der Waals surface area contributed by atoms with Crippen molar-refractivity contribution in [1.82, 2.24) is 20.9 Å². The van der Waals surface area contributed by atoms with Crippen molar-refractivity contribution in [2.24, 2.45) is 33.7 Å². The number of fused-ring (bicyclic) bond motifs is 18. The van der Waals surface area contributed by atoms with Crippen LogP contribution in [0.3, 0.4) is 0 Å². The van der Waals surface area contributed by atoms with Crippen molar-refractivity contribution < 1.29 is 0 Å². The monoisotopic (exact) mass is 528 g/mol. The lowest BCUT2D eigenvalue weighted by atomic mass is 9.87. The first kappa shape index (κ1) is 22.5. The number of H-pyrrole nitrogens is 1. The highest BCUT2D eigenvalue weighted by atomic mass is 15.3. The molecule has 8 atom stereocenters. The molecule has 5 heterocycles. The van der Waals surface area contributed by atoms with E-state index in [9.17, 15) is 0 Å². The van der Waals surface area contributed by atoms with Crippen LogP contribution >= 0.6 is 0 Å². The molecule has 0 saturated carbocycles. The summed E-state index contributed by atoms with van der Waals surface area (Å²) in [6.07, 6.45) is 24.5. The number of nitrogens with zero attached hydrogens (tertiary/aromatic N) is 2. The van der Waals surface area contributed by atoms with Gasteiger partial charge in [0.1, 0.15) is 35.6 Å². The normalized spacial score (nSPS) is 36.2. The van der Waals surface area contributed by atoms with E-state index in [0.29, 0.717) is 11.8 Å². The van der Waals surface area contributed by atoms with Crippen LogP contribution in [0.25, 0.3) is 10.8 Å². The molecule has 1 aromatic heterocycles. The summed E-state index contributed by atoms with van der Waals surface area (Å²) in [6, 6.07) is 8.52. The molecule has 8 bridgehead atoms. The van der Waals surface area contributed by atoms with Crippen molar-refractivity contribution in [3.8, 4) is 0 Å². The van der Waals surface area contributed by atoms with E-state index in [-0.39, 0.29) is 36.5 Å². The number of allylic oxidation sites excluding steroid dienone is 6. The molecule has 0 radical (unpaired) electrons. The molecule has 7 aliphatic rings. The van der Waals surface area contributed by atoms with E-state index >= 15 is 0 Å². The van der Waals surface area contributed by atoms with Crippen LogP contribution in [-0.2, 0) is 0 Å². The van der Waals surface area contributed by atoms with Gasteiger partial charge < -0.3 is 26.3 Å². The minimum absolute atomic E-state index is 0.0476. The summed E-state index contributed by atoms with van der Waals surface area (Å²) in [5, 5.41) is 21.4. The summed E-state index contributed by atoms with van der Waals surface area (Å²) in [5.41, 5.74) is 2.54. The molecule has 0 spiro atoms. The van der Waals surface area contributed by atoms with E-state index < -0.39 is 0 Å². The average molecular weight is 529 g/mol. The molecule has 1 fully saturated rings. The van der Waals surface area contributed by atoms with Crippen molar-refractivity contribution in [1.29, 1.82) is 0 Å². The molecule has 2 aromatic rings. The minimum atomic E-state index is -0.104. The molecule has 0 amide bonds. The first-order chi connectivity index (χ1) is 19.8. The maximum Gasteiger partial charge on any atom is 0.132 e. The molecule has 8 nitrogen and oxygen atoms in total. The van der Waals surface area contributed by atoms with Crippen LogP contribution in [0.5, 0.6) is 0 Å². The first-order valence-corrected chi connectivity index (χ1v) is 14.5. The molecule has 3 aliphatic carbocycles. The Morgan fingerprint density at radius 3 is 1.68 bits per heavy atom. The van der Waals surface area contributed by atoms with Crippen LogP contribution in [0.15, 0.2) is 106 Å². The fourth-order valence-electron chi connectivity index (χ4n) is 7.45. The Kier molecular flexibility index (Phi) is 4.84. The molecule has 1 aromatic carbocycles. The van der Waals surface area contributed by atoms with Gasteiger partial charge in [-0.05, 0) is 12.8 Å². The van der Waals surface area contributed by atoms with Gasteiger partial charge in [0.2, 0.25) is 0 Å². The largest absolute Gasteiger partial charge is 0.354 e. The van der Waals surface area contributed by atoms with Crippen molar-refractivity contribution in [2.45, 2.75) is 37.5 Å². The van der Waals surface area contributed by atoms with Crippen LogP contribution < -0.4 is 26.6 Å². The minimum Gasteiger partial charge on any atom is -0.354 e. The maximum atomic E-state index is 5.25. The van der Waals surface area contributed by atoms with Gasteiger partial charge in [0.25, 0.3) is 0 Å². The van der Waals surface area contributed by atoms with Crippen molar-refractivity contribution in [3.63, 3.8) is 0 Å². The highest BCUT2D eigenvalue weighted by Gasteiger charge is 2.45. The predicted molar refractivity (Wildman–Crippen MR) is 161 cm³/mol. The molecule has 8 unspecified atom stereocenters. The van der Waals surface area contributed by atoms with Crippen molar-refractivity contribution in [3.05, 3.63) is 96.2 Å². The SMILES string of the molecule is C1=CC2C3NC4=NC(Nc5[nH]c(c6ccccc56)NC5N=C(NC(N3)C2C=C1)C1=CCC=CC15)C1C=CCC=C41. The smallest absolute Gasteiger partial charge is 0.132 e. The quantitative estimate of drug-likeness (QED) is 0.287. The van der Waals surface area contributed by atoms with Gasteiger partial charge >= 0.3 is 0 Å². The summed E-state index contributed by atoms with van der Waals surface area (Å²) >= 11 is 0. The highest BCUT2D eigenvalue weighted by Crippen LogP contribution is 2.39. The lowest BCUT2D eigenvalue weighted by molar-refractivity contribution is 0.453. The molecule has 200 valence electrons. The zero-order valence-electron chi connectivity index (χ0n) is 22.0. The van der Waals surface area contributed by atoms with Gasteiger partial charge in [-0.3, -0.25) is 5.32 Å². The lowest BCUT2D eigenvalue weighted by Crippen LogP contribution is -2.51. The summed E-state index contributed by atoms with van der Waals surface area (Å²) < 4.78 is 0. The van der Waals surface area contributed by atoms with E-state index in [4.69, 9.17) is 9.98 Å². The van der Waals surface area contributed by atoms with Gasteiger partial charge in [-0.25, -0.2) is 9.98 Å². The van der Waals surface area contributed by atoms with Gasteiger partial charge in [-0.15, -0.1) is 0 Å². The van der Waals surface area contributed by atoms with Crippen LogP contribution in [0.4, 0.5) is 11.6 Å². The van der Waals surface area contributed by atoms with Gasteiger partial charge in [-0.1, -0.05) is 85.0 Å². The zero-order chi connectivity index (χ0) is 26.2. The number of aliphatic imine (C=N–C) groups is 2. The number of hydrogen-bond donors (Lipinski definition) is 6. The third kappa shape index (κ3) is 3.35. The number of hydrogen-bond acceptors (Lipinski definition) is 7. The molecule has 1 saturated heterocycles. The third-order valence-electron chi connectivity index (χ3n) is 9.35. The van der Waals surface area contributed by atoms with Gasteiger partial charge in [0.15, 0.2) is 0 Å². The molecule has 40 heavy (non-hydrogen) atoms. The second-order valence-corrected chi connectivity index (χ2v) is 11.6. The standard InChI is InChI=1S/C32H32N8/c1-2-10-18-17(9-1)25-33-26(18)38-28-21-13-5-6-14-22(21)30(35-28)40-32-24-16-8-7-15-23(24)31(36-32)39-29-20-12-4-3-11-19(20)27(34-29)37-25/h1-3,5,7-16,19,21,23-24,27-28,31-33,36-38H,4,6H2,(H,34,39)(H,35,40). The number of anilines is 2. The number of aromatic nitrogens is 1. The van der Waals surface area contributed by atoms with E-state index in [1.165, 1.54) is 11.1 Å². The average Bonchev–Trinajstić information content (AvgIpc) is 3.73. The molecule has 6 N–H and O–H groups in total. The molecular weight excluding hydrogens is 496 g/mol. The number of rotatable bonds is 0. The Labute approximate surface area is 232 Å². The Hall–Kier alpha value is -4.30. The maximum absolute atomic E-state index is 5.25. The second kappa shape index (κ2) is 8.60.